The zero-order valence-electron chi connectivity index (χ0n) is 13.6. The molecule has 0 heterocycles. The van der Waals surface area contributed by atoms with Gasteiger partial charge < -0.3 is 0 Å². The van der Waals surface area contributed by atoms with Crippen molar-refractivity contribution in [1.29, 1.82) is 0 Å². The van der Waals surface area contributed by atoms with E-state index < -0.39 is 17.5 Å². The molecule has 0 spiro atoms. The number of rotatable bonds is 4. The lowest BCUT2D eigenvalue weighted by Crippen LogP contribution is -2.17. The molecule has 0 fully saturated rings. The van der Waals surface area contributed by atoms with Gasteiger partial charge >= 0.3 is 0 Å². The average Bonchev–Trinajstić information content (AvgIpc) is 2.57. The minimum atomic E-state index is -1.42. The maximum absolute atomic E-state index is 14.5. The third-order valence-electron chi connectivity index (χ3n) is 4.89. The van der Waals surface area contributed by atoms with Crippen LogP contribution in [0.15, 0.2) is 24.3 Å². The predicted octanol–water partition coefficient (Wildman–Crippen LogP) is 5.86. The van der Waals surface area contributed by atoms with Gasteiger partial charge in [-0.2, -0.15) is 0 Å². The summed E-state index contributed by atoms with van der Waals surface area (Å²) in [5.74, 6) is -4.10. The average molecular weight is 336 g/mol. The second-order valence-corrected chi connectivity index (χ2v) is 6.52. The van der Waals surface area contributed by atoms with Gasteiger partial charge in [-0.1, -0.05) is 25.5 Å². The molecule has 1 aliphatic carbocycles. The molecule has 3 rings (SSSR count). The first-order chi connectivity index (χ1) is 11.5. The van der Waals surface area contributed by atoms with E-state index in [4.69, 9.17) is 0 Å². The van der Waals surface area contributed by atoms with Crippen LogP contribution < -0.4 is 0 Å². The quantitative estimate of drug-likeness (QED) is 0.485. The Kier molecular flexibility index (Phi) is 4.93. The van der Waals surface area contributed by atoms with Gasteiger partial charge in [0.2, 0.25) is 0 Å². The maximum Gasteiger partial charge on any atom is 0.194 e. The topological polar surface area (TPSA) is 0 Å². The van der Waals surface area contributed by atoms with Gasteiger partial charge in [-0.05, 0) is 72.4 Å². The van der Waals surface area contributed by atoms with Crippen molar-refractivity contribution in [3.63, 3.8) is 0 Å². The second kappa shape index (κ2) is 6.96. The smallest absolute Gasteiger partial charge is 0.194 e. The van der Waals surface area contributed by atoms with Crippen LogP contribution in [0.3, 0.4) is 0 Å². The Hall–Kier alpha value is -1.84. The Morgan fingerprint density at radius 1 is 1.00 bits per heavy atom. The Morgan fingerprint density at radius 2 is 1.79 bits per heavy atom. The van der Waals surface area contributed by atoms with Crippen molar-refractivity contribution in [2.24, 2.45) is 0 Å². The molecule has 128 valence electrons. The highest BCUT2D eigenvalue weighted by Crippen LogP contribution is 2.36. The van der Waals surface area contributed by atoms with E-state index >= 15 is 0 Å². The molecule has 0 saturated heterocycles. The van der Waals surface area contributed by atoms with Gasteiger partial charge in [0, 0.05) is 0 Å². The summed E-state index contributed by atoms with van der Waals surface area (Å²) in [5.41, 5.74) is 2.21. The Bertz CT molecular complexity index is 752. The van der Waals surface area contributed by atoms with Crippen LogP contribution in [-0.4, -0.2) is 0 Å². The molecule has 24 heavy (non-hydrogen) atoms. The lowest BCUT2D eigenvalue weighted by molar-refractivity contribution is 0.427. The number of hydrogen-bond donors (Lipinski definition) is 0. The van der Waals surface area contributed by atoms with Crippen molar-refractivity contribution >= 4 is 0 Å². The van der Waals surface area contributed by atoms with E-state index in [0.717, 1.165) is 30.9 Å². The van der Waals surface area contributed by atoms with Gasteiger partial charge in [0.25, 0.3) is 0 Å². The molecule has 0 amide bonds. The second-order valence-electron chi connectivity index (χ2n) is 6.52. The van der Waals surface area contributed by atoms with Gasteiger partial charge in [0.1, 0.15) is 5.82 Å². The molecule has 0 radical (unpaired) electrons. The fraction of sp³-hybridized carbons (Fsp3) is 0.400. The SMILES string of the molecule is CCCCc1ccc(C2CCc3c(cc(F)c(F)c3F)C2)c(F)c1. The Balaban J connectivity index is 1.85. The molecule has 4 heteroatoms. The monoisotopic (exact) mass is 336 g/mol. The summed E-state index contributed by atoms with van der Waals surface area (Å²) >= 11 is 0. The van der Waals surface area contributed by atoms with E-state index in [1.165, 1.54) is 0 Å². The summed E-state index contributed by atoms with van der Waals surface area (Å²) in [6.45, 7) is 2.09. The van der Waals surface area contributed by atoms with Gasteiger partial charge in [0.15, 0.2) is 17.5 Å². The number of hydrogen-bond acceptors (Lipinski definition) is 0. The molecule has 0 bridgehead atoms. The Labute approximate surface area is 139 Å². The van der Waals surface area contributed by atoms with Crippen LogP contribution in [0.2, 0.25) is 0 Å². The van der Waals surface area contributed by atoms with Crippen LogP contribution in [0.25, 0.3) is 0 Å². The highest BCUT2D eigenvalue weighted by Gasteiger charge is 2.27. The van der Waals surface area contributed by atoms with E-state index in [1.54, 1.807) is 12.1 Å². The fourth-order valence-corrected chi connectivity index (χ4v) is 3.52. The van der Waals surface area contributed by atoms with Crippen LogP contribution in [-0.2, 0) is 19.3 Å². The van der Waals surface area contributed by atoms with Crippen molar-refractivity contribution < 1.29 is 17.6 Å². The predicted molar refractivity (Wildman–Crippen MR) is 86.1 cm³/mol. The summed E-state index contributed by atoms with van der Waals surface area (Å²) in [7, 11) is 0. The molecule has 1 unspecified atom stereocenters. The molecular weight excluding hydrogens is 316 g/mol. The molecular formula is C20H20F4. The first-order valence-electron chi connectivity index (χ1n) is 8.44. The standard InChI is InChI=1S/C20H20F4/c1-2-3-4-12-5-7-15(17(21)9-12)13-6-8-16-14(10-13)11-18(22)20(24)19(16)23/h5,7,9,11,13H,2-4,6,8,10H2,1H3. The highest BCUT2D eigenvalue weighted by molar-refractivity contribution is 5.37. The maximum atomic E-state index is 14.5. The fourth-order valence-electron chi connectivity index (χ4n) is 3.52. The number of fused-ring (bicyclic) bond motifs is 1. The molecule has 2 aromatic carbocycles. The van der Waals surface area contributed by atoms with Crippen molar-refractivity contribution in [3.8, 4) is 0 Å². The minimum Gasteiger partial charge on any atom is -0.207 e. The summed E-state index contributed by atoms with van der Waals surface area (Å²) in [6.07, 6.45) is 4.06. The molecule has 1 aliphatic rings. The van der Waals surface area contributed by atoms with Crippen molar-refractivity contribution in [3.05, 3.63) is 69.8 Å². The lowest BCUT2D eigenvalue weighted by atomic mass is 9.79. The van der Waals surface area contributed by atoms with E-state index in [1.807, 2.05) is 6.07 Å². The van der Waals surface area contributed by atoms with Crippen molar-refractivity contribution in [1.82, 2.24) is 0 Å². The van der Waals surface area contributed by atoms with Crippen LogP contribution in [0.1, 0.15) is 54.4 Å². The summed E-state index contributed by atoms with van der Waals surface area (Å²) in [5, 5.41) is 0. The first-order valence-corrected chi connectivity index (χ1v) is 8.44. The number of unbranched alkanes of at least 4 members (excludes halogenated alkanes) is 1. The van der Waals surface area contributed by atoms with Gasteiger partial charge in [-0.25, -0.2) is 17.6 Å². The molecule has 1 atom stereocenters. The van der Waals surface area contributed by atoms with Crippen LogP contribution in [0, 0.1) is 23.3 Å². The van der Waals surface area contributed by atoms with Crippen LogP contribution >= 0.6 is 0 Å². The normalized spacial score (nSPS) is 17.0. The number of aryl methyl sites for hydroxylation is 1. The lowest BCUT2D eigenvalue weighted by Gasteiger charge is -2.26. The van der Waals surface area contributed by atoms with Gasteiger partial charge in [-0.3, -0.25) is 0 Å². The highest BCUT2D eigenvalue weighted by atomic mass is 19.2. The Morgan fingerprint density at radius 3 is 2.50 bits per heavy atom. The molecule has 0 aliphatic heterocycles. The molecule has 0 aromatic heterocycles. The zero-order valence-corrected chi connectivity index (χ0v) is 13.6. The van der Waals surface area contributed by atoms with E-state index in [9.17, 15) is 17.6 Å². The number of benzene rings is 2. The minimum absolute atomic E-state index is 0.137. The van der Waals surface area contributed by atoms with Crippen LogP contribution in [0.4, 0.5) is 17.6 Å². The van der Waals surface area contributed by atoms with Gasteiger partial charge in [0.05, 0.1) is 0 Å². The van der Waals surface area contributed by atoms with Crippen molar-refractivity contribution in [2.75, 3.05) is 0 Å². The van der Waals surface area contributed by atoms with E-state index in [0.29, 0.717) is 30.4 Å². The molecule has 0 saturated carbocycles. The van der Waals surface area contributed by atoms with Crippen LogP contribution in [0.5, 0.6) is 0 Å². The third kappa shape index (κ3) is 3.19. The largest absolute Gasteiger partial charge is 0.207 e. The summed E-state index contributed by atoms with van der Waals surface area (Å²) in [4.78, 5) is 0. The summed E-state index contributed by atoms with van der Waals surface area (Å²) < 4.78 is 55.1. The van der Waals surface area contributed by atoms with Crippen molar-refractivity contribution in [2.45, 2.75) is 51.4 Å². The molecule has 0 nitrogen and oxygen atoms in total. The molecule has 0 N–H and O–H groups in total. The van der Waals surface area contributed by atoms with E-state index in [2.05, 4.69) is 6.92 Å². The third-order valence-corrected chi connectivity index (χ3v) is 4.89. The van der Waals surface area contributed by atoms with E-state index in [-0.39, 0.29) is 17.3 Å². The first kappa shape index (κ1) is 17.0. The summed E-state index contributed by atoms with van der Waals surface area (Å²) in [6, 6.07) is 6.32. The van der Waals surface area contributed by atoms with Gasteiger partial charge in [-0.15, -0.1) is 0 Å². The molecule has 2 aromatic rings. The zero-order chi connectivity index (χ0) is 17.3. The number of halogens is 4.